The Morgan fingerprint density at radius 1 is 1.35 bits per heavy atom. The molecule has 0 bridgehead atoms. The number of nitriles is 1. The van der Waals surface area contributed by atoms with Gasteiger partial charge in [0.2, 0.25) is 0 Å². The highest BCUT2D eigenvalue weighted by Gasteiger charge is 2.25. The van der Waals surface area contributed by atoms with Crippen molar-refractivity contribution in [1.82, 2.24) is 14.6 Å². The van der Waals surface area contributed by atoms with Gasteiger partial charge >= 0.3 is 0 Å². The van der Waals surface area contributed by atoms with E-state index in [0.29, 0.717) is 33.7 Å². The number of hydrogen-bond donors (Lipinski definition) is 0. The minimum Gasteiger partial charge on any atom is -0.258 e. The van der Waals surface area contributed by atoms with E-state index in [0.717, 1.165) is 0 Å². The molecule has 3 aromatic rings. The standard InChI is InChI=1S/C18H16ClN5O2/c1-10-13(9-20)16-21-17(18(2,3)4)22-23(16)15(19)14(10)11-6-5-7-12(8-11)24(25)26/h5-8H,1-4H3. The summed E-state index contributed by atoms with van der Waals surface area (Å²) in [6.07, 6.45) is 0. The molecule has 0 fully saturated rings. The van der Waals surface area contributed by atoms with Crippen molar-refractivity contribution < 1.29 is 4.92 Å². The first kappa shape index (κ1) is 17.8. The van der Waals surface area contributed by atoms with E-state index < -0.39 is 4.92 Å². The second kappa shape index (κ2) is 6.07. The van der Waals surface area contributed by atoms with Crippen LogP contribution in [-0.4, -0.2) is 19.5 Å². The molecule has 7 nitrogen and oxygen atoms in total. The van der Waals surface area contributed by atoms with Crippen LogP contribution in [0.4, 0.5) is 5.69 Å². The molecule has 0 unspecified atom stereocenters. The molecule has 26 heavy (non-hydrogen) atoms. The first-order valence-corrected chi connectivity index (χ1v) is 8.27. The maximum atomic E-state index is 11.1. The van der Waals surface area contributed by atoms with Gasteiger partial charge in [-0.25, -0.2) is 9.50 Å². The summed E-state index contributed by atoms with van der Waals surface area (Å²) < 4.78 is 1.43. The fraction of sp³-hybridized carbons (Fsp3) is 0.278. The topological polar surface area (TPSA) is 97.1 Å². The molecule has 2 aromatic heterocycles. The summed E-state index contributed by atoms with van der Waals surface area (Å²) in [6, 6.07) is 8.30. The molecule has 0 atom stereocenters. The molecule has 0 saturated heterocycles. The van der Waals surface area contributed by atoms with Crippen LogP contribution in [0.15, 0.2) is 24.3 Å². The molecule has 0 aliphatic rings. The maximum absolute atomic E-state index is 11.1. The summed E-state index contributed by atoms with van der Waals surface area (Å²) in [5.41, 5.74) is 2.05. The lowest BCUT2D eigenvalue weighted by molar-refractivity contribution is -0.384. The monoisotopic (exact) mass is 369 g/mol. The number of fused-ring (bicyclic) bond motifs is 1. The minimum absolute atomic E-state index is 0.0504. The number of benzene rings is 1. The average Bonchev–Trinajstić information content (AvgIpc) is 3.01. The largest absolute Gasteiger partial charge is 0.270 e. The number of nitro groups is 1. The number of halogens is 1. The number of nitro benzene ring substituents is 1. The summed E-state index contributed by atoms with van der Waals surface area (Å²) in [7, 11) is 0. The van der Waals surface area contributed by atoms with E-state index in [1.54, 1.807) is 19.1 Å². The molecule has 0 radical (unpaired) electrons. The number of aromatic nitrogens is 3. The van der Waals surface area contributed by atoms with Crippen molar-refractivity contribution in [3.8, 4) is 17.2 Å². The molecule has 8 heteroatoms. The van der Waals surface area contributed by atoms with Crippen molar-refractivity contribution in [2.45, 2.75) is 33.1 Å². The van der Waals surface area contributed by atoms with E-state index in [2.05, 4.69) is 16.2 Å². The summed E-state index contributed by atoms with van der Waals surface area (Å²) in [5.74, 6) is 0.562. The Hall–Kier alpha value is -2.98. The molecule has 2 heterocycles. The Kier molecular flexibility index (Phi) is 4.17. The summed E-state index contributed by atoms with van der Waals surface area (Å²) in [4.78, 5) is 15.1. The van der Waals surface area contributed by atoms with E-state index in [1.165, 1.54) is 16.6 Å². The van der Waals surface area contributed by atoms with Gasteiger partial charge in [-0.1, -0.05) is 44.5 Å². The molecule has 0 spiro atoms. The van der Waals surface area contributed by atoms with Crippen LogP contribution in [0.5, 0.6) is 0 Å². The zero-order valence-electron chi connectivity index (χ0n) is 14.7. The number of hydrogen-bond acceptors (Lipinski definition) is 5. The van der Waals surface area contributed by atoms with Gasteiger partial charge in [-0.2, -0.15) is 5.26 Å². The normalized spacial score (nSPS) is 11.5. The molecular weight excluding hydrogens is 354 g/mol. The van der Waals surface area contributed by atoms with Gasteiger partial charge < -0.3 is 0 Å². The smallest absolute Gasteiger partial charge is 0.258 e. The van der Waals surface area contributed by atoms with Crippen LogP contribution in [0.25, 0.3) is 16.8 Å². The Morgan fingerprint density at radius 2 is 2.04 bits per heavy atom. The van der Waals surface area contributed by atoms with Gasteiger partial charge in [-0.05, 0) is 18.1 Å². The molecule has 1 aromatic carbocycles. The molecule has 0 N–H and O–H groups in total. The highest BCUT2D eigenvalue weighted by atomic mass is 35.5. The van der Waals surface area contributed by atoms with E-state index in [4.69, 9.17) is 11.6 Å². The van der Waals surface area contributed by atoms with Crippen molar-refractivity contribution in [1.29, 1.82) is 5.26 Å². The van der Waals surface area contributed by atoms with Crippen LogP contribution in [0.1, 0.15) is 37.7 Å². The van der Waals surface area contributed by atoms with Crippen molar-refractivity contribution in [3.63, 3.8) is 0 Å². The molecule has 132 valence electrons. The first-order valence-electron chi connectivity index (χ1n) is 7.89. The number of pyridine rings is 1. The number of rotatable bonds is 2. The Balaban J connectivity index is 2.39. The van der Waals surface area contributed by atoms with Crippen molar-refractivity contribution in [2.24, 2.45) is 0 Å². The van der Waals surface area contributed by atoms with Gasteiger partial charge in [0.1, 0.15) is 16.8 Å². The first-order chi connectivity index (χ1) is 12.1. The lowest BCUT2D eigenvalue weighted by atomic mass is 9.96. The molecule has 0 aliphatic heterocycles. The summed E-state index contributed by atoms with van der Waals surface area (Å²) in [6.45, 7) is 7.66. The van der Waals surface area contributed by atoms with Crippen LogP contribution in [-0.2, 0) is 5.41 Å². The van der Waals surface area contributed by atoms with E-state index in [9.17, 15) is 15.4 Å². The summed E-state index contributed by atoms with van der Waals surface area (Å²) >= 11 is 6.59. The average molecular weight is 370 g/mol. The Bertz CT molecular complexity index is 1090. The zero-order chi connectivity index (χ0) is 19.2. The van der Waals surface area contributed by atoms with Crippen LogP contribution in [0.2, 0.25) is 5.15 Å². The molecular formula is C18H16ClN5O2. The third kappa shape index (κ3) is 2.78. The molecule has 0 aliphatic carbocycles. The lowest BCUT2D eigenvalue weighted by Crippen LogP contribution is -2.13. The SMILES string of the molecule is Cc1c(-c2cccc([N+](=O)[O-])c2)c(Cl)n2nc(C(C)(C)C)nc2c1C#N. The van der Waals surface area contributed by atoms with E-state index in [-0.39, 0.29) is 16.3 Å². The molecule has 0 amide bonds. The number of non-ortho nitro benzene ring substituents is 1. The van der Waals surface area contributed by atoms with Crippen molar-refractivity contribution in [2.75, 3.05) is 0 Å². The van der Waals surface area contributed by atoms with Crippen LogP contribution in [0.3, 0.4) is 0 Å². The van der Waals surface area contributed by atoms with Gasteiger partial charge in [-0.3, -0.25) is 10.1 Å². The van der Waals surface area contributed by atoms with E-state index in [1.807, 2.05) is 20.8 Å². The Morgan fingerprint density at radius 3 is 2.62 bits per heavy atom. The second-order valence-corrected chi connectivity index (χ2v) is 7.36. The predicted octanol–water partition coefficient (Wildman–Crippen LogP) is 4.44. The third-order valence-corrected chi connectivity index (χ3v) is 4.45. The third-order valence-electron chi connectivity index (χ3n) is 4.10. The minimum atomic E-state index is -0.469. The van der Waals surface area contributed by atoms with Crippen LogP contribution in [0, 0.1) is 28.4 Å². The zero-order valence-corrected chi connectivity index (χ0v) is 15.5. The summed E-state index contributed by atoms with van der Waals surface area (Å²) in [5, 5.41) is 25.5. The van der Waals surface area contributed by atoms with Gasteiger partial charge in [0.15, 0.2) is 11.5 Å². The van der Waals surface area contributed by atoms with Crippen LogP contribution < -0.4 is 0 Å². The van der Waals surface area contributed by atoms with Crippen molar-refractivity contribution >= 4 is 22.9 Å². The fourth-order valence-electron chi connectivity index (χ4n) is 2.73. The van der Waals surface area contributed by atoms with E-state index >= 15 is 0 Å². The lowest BCUT2D eigenvalue weighted by Gasteiger charge is -2.12. The molecule has 0 saturated carbocycles. The van der Waals surface area contributed by atoms with Crippen molar-refractivity contribution in [3.05, 3.63) is 56.5 Å². The highest BCUT2D eigenvalue weighted by molar-refractivity contribution is 6.32. The van der Waals surface area contributed by atoms with Crippen LogP contribution >= 0.6 is 11.6 Å². The highest BCUT2D eigenvalue weighted by Crippen LogP contribution is 2.36. The van der Waals surface area contributed by atoms with Gasteiger partial charge in [0.05, 0.1) is 4.92 Å². The maximum Gasteiger partial charge on any atom is 0.270 e. The predicted molar refractivity (Wildman–Crippen MR) is 98.2 cm³/mol. The van der Waals surface area contributed by atoms with Gasteiger partial charge in [-0.15, -0.1) is 5.10 Å². The fourth-order valence-corrected chi connectivity index (χ4v) is 3.09. The number of nitrogens with zero attached hydrogens (tertiary/aromatic N) is 5. The second-order valence-electron chi connectivity index (χ2n) is 7.01. The van der Waals surface area contributed by atoms with Gasteiger partial charge in [0, 0.05) is 23.1 Å². The Labute approximate surface area is 155 Å². The quantitative estimate of drug-likeness (QED) is 0.378. The molecule has 3 rings (SSSR count). The van der Waals surface area contributed by atoms with Gasteiger partial charge in [0.25, 0.3) is 5.69 Å².